The van der Waals surface area contributed by atoms with E-state index in [-0.39, 0.29) is 0 Å². The highest BCUT2D eigenvalue weighted by atomic mass is 16.5. The molecule has 1 aliphatic heterocycles. The summed E-state index contributed by atoms with van der Waals surface area (Å²) in [4.78, 5) is 14.1. The van der Waals surface area contributed by atoms with Gasteiger partial charge in [-0.05, 0) is 0 Å². The fraction of sp³-hybridized carbons (Fsp3) is 0.571. The molecule has 2 heterocycles. The van der Waals surface area contributed by atoms with Gasteiger partial charge in [0.05, 0.1) is 13.2 Å². The van der Waals surface area contributed by atoms with Crippen molar-refractivity contribution >= 4 is 11.9 Å². The molecule has 0 saturated carbocycles. The topological polar surface area (TPSA) is 89.2 Å². The molecule has 0 bridgehead atoms. The van der Waals surface area contributed by atoms with Crippen molar-refractivity contribution in [3.05, 3.63) is 6.33 Å². The number of rotatable bonds is 2. The van der Waals surface area contributed by atoms with Crippen LogP contribution >= 0.6 is 0 Å². The molecule has 0 atom stereocenters. The molecule has 0 spiro atoms. The van der Waals surface area contributed by atoms with Crippen molar-refractivity contribution in [1.29, 1.82) is 0 Å². The van der Waals surface area contributed by atoms with E-state index in [0.29, 0.717) is 25.1 Å². The number of hydrogen-bond donors (Lipinski definition) is 2. The lowest BCUT2D eigenvalue weighted by Gasteiger charge is -2.26. The first-order valence-electron chi connectivity index (χ1n) is 4.38. The van der Waals surface area contributed by atoms with E-state index in [1.165, 1.54) is 6.33 Å². The van der Waals surface area contributed by atoms with Crippen molar-refractivity contribution in [1.82, 2.24) is 15.0 Å². The number of morpholine rings is 1. The van der Waals surface area contributed by atoms with Gasteiger partial charge in [-0.2, -0.15) is 4.98 Å². The van der Waals surface area contributed by atoms with Gasteiger partial charge in [-0.15, -0.1) is 0 Å². The van der Waals surface area contributed by atoms with Crippen molar-refractivity contribution < 1.29 is 4.74 Å². The van der Waals surface area contributed by atoms with Gasteiger partial charge in [0.15, 0.2) is 0 Å². The van der Waals surface area contributed by atoms with Crippen LogP contribution in [0, 0.1) is 0 Å². The van der Waals surface area contributed by atoms with Crippen LogP contribution in [0.2, 0.25) is 0 Å². The van der Waals surface area contributed by atoms with Crippen LogP contribution in [0.15, 0.2) is 6.33 Å². The molecule has 3 N–H and O–H groups in total. The third-order valence-electron chi connectivity index (χ3n) is 1.98. The molecule has 1 aromatic rings. The minimum Gasteiger partial charge on any atom is -0.378 e. The van der Waals surface area contributed by atoms with Crippen molar-refractivity contribution in [2.75, 3.05) is 36.6 Å². The molecule has 1 fully saturated rings. The zero-order chi connectivity index (χ0) is 9.80. The van der Waals surface area contributed by atoms with Crippen LogP contribution in [0.4, 0.5) is 11.9 Å². The average molecular weight is 196 g/mol. The van der Waals surface area contributed by atoms with Gasteiger partial charge in [0.1, 0.15) is 6.33 Å². The van der Waals surface area contributed by atoms with E-state index in [1.54, 1.807) is 0 Å². The normalized spacial score (nSPS) is 16.8. The first-order chi connectivity index (χ1) is 6.90. The van der Waals surface area contributed by atoms with Crippen LogP contribution in [0.1, 0.15) is 0 Å². The molecule has 0 aliphatic carbocycles. The summed E-state index contributed by atoms with van der Waals surface area (Å²) in [6, 6.07) is 0. The van der Waals surface area contributed by atoms with Crippen LogP contribution in [-0.4, -0.2) is 41.3 Å². The second-order valence-electron chi connectivity index (χ2n) is 2.85. The van der Waals surface area contributed by atoms with E-state index < -0.39 is 0 Å². The molecule has 1 aromatic heterocycles. The maximum absolute atomic E-state index is 5.22. The van der Waals surface area contributed by atoms with E-state index in [4.69, 9.17) is 10.6 Å². The molecule has 2 rings (SSSR count). The van der Waals surface area contributed by atoms with Crippen molar-refractivity contribution in [2.24, 2.45) is 5.84 Å². The predicted octanol–water partition coefficient (Wildman–Crippen LogP) is -1.01. The Morgan fingerprint density at radius 1 is 1.36 bits per heavy atom. The van der Waals surface area contributed by atoms with Crippen LogP contribution in [0.25, 0.3) is 0 Å². The maximum atomic E-state index is 5.22. The first kappa shape index (κ1) is 9.10. The standard InChI is InChI=1S/C7H12N6O/c8-12-6-9-5-10-7(11-6)13-1-3-14-4-2-13/h5H,1-4,8H2,(H,9,10,11,12). The SMILES string of the molecule is NNc1ncnc(N2CCOCC2)n1. The quantitative estimate of drug-likeness (QED) is 0.463. The highest BCUT2D eigenvalue weighted by Crippen LogP contribution is 2.09. The molecule has 0 unspecified atom stereocenters. The summed E-state index contributed by atoms with van der Waals surface area (Å²) < 4.78 is 5.22. The summed E-state index contributed by atoms with van der Waals surface area (Å²) in [5.74, 6) is 6.21. The van der Waals surface area contributed by atoms with Crippen molar-refractivity contribution in [3.63, 3.8) is 0 Å². The lowest BCUT2D eigenvalue weighted by Crippen LogP contribution is -2.37. The van der Waals surface area contributed by atoms with Gasteiger partial charge in [0.2, 0.25) is 11.9 Å². The van der Waals surface area contributed by atoms with Gasteiger partial charge < -0.3 is 9.64 Å². The maximum Gasteiger partial charge on any atom is 0.241 e. The Morgan fingerprint density at radius 2 is 2.14 bits per heavy atom. The highest BCUT2D eigenvalue weighted by Gasteiger charge is 2.13. The minimum absolute atomic E-state index is 0.376. The Morgan fingerprint density at radius 3 is 2.86 bits per heavy atom. The Hall–Kier alpha value is -1.47. The molecular formula is C7H12N6O. The lowest BCUT2D eigenvalue weighted by atomic mass is 10.4. The fourth-order valence-corrected chi connectivity index (χ4v) is 1.27. The molecule has 76 valence electrons. The predicted molar refractivity (Wildman–Crippen MR) is 50.7 cm³/mol. The van der Waals surface area contributed by atoms with E-state index >= 15 is 0 Å². The number of nitrogens with one attached hydrogen (secondary N) is 1. The van der Waals surface area contributed by atoms with Crippen LogP contribution in [-0.2, 0) is 4.74 Å². The minimum atomic E-state index is 0.376. The average Bonchev–Trinajstić information content (AvgIpc) is 2.30. The van der Waals surface area contributed by atoms with Gasteiger partial charge in [0, 0.05) is 13.1 Å². The lowest BCUT2D eigenvalue weighted by molar-refractivity contribution is 0.122. The van der Waals surface area contributed by atoms with Gasteiger partial charge >= 0.3 is 0 Å². The molecular weight excluding hydrogens is 184 g/mol. The van der Waals surface area contributed by atoms with Crippen LogP contribution in [0.3, 0.4) is 0 Å². The van der Waals surface area contributed by atoms with E-state index in [9.17, 15) is 0 Å². The largest absolute Gasteiger partial charge is 0.378 e. The summed E-state index contributed by atoms with van der Waals surface area (Å²) >= 11 is 0. The molecule has 0 aromatic carbocycles. The molecule has 1 aliphatic rings. The van der Waals surface area contributed by atoms with E-state index in [0.717, 1.165) is 13.1 Å². The van der Waals surface area contributed by atoms with Crippen LogP contribution in [0.5, 0.6) is 0 Å². The smallest absolute Gasteiger partial charge is 0.241 e. The second-order valence-corrected chi connectivity index (χ2v) is 2.85. The Labute approximate surface area is 81.3 Å². The van der Waals surface area contributed by atoms with E-state index in [1.807, 2.05) is 4.90 Å². The fourth-order valence-electron chi connectivity index (χ4n) is 1.27. The second kappa shape index (κ2) is 4.16. The summed E-state index contributed by atoms with van der Waals surface area (Å²) in [7, 11) is 0. The summed E-state index contributed by atoms with van der Waals surface area (Å²) in [6.45, 7) is 3.01. The van der Waals surface area contributed by atoms with Gasteiger partial charge in [-0.3, -0.25) is 5.43 Å². The summed E-state index contributed by atoms with van der Waals surface area (Å²) in [5.41, 5.74) is 2.39. The number of nitrogen functional groups attached to an aromatic ring is 1. The first-order valence-corrected chi connectivity index (χ1v) is 4.38. The number of anilines is 2. The van der Waals surface area contributed by atoms with Crippen LogP contribution < -0.4 is 16.2 Å². The Kier molecular flexibility index (Phi) is 2.70. The van der Waals surface area contributed by atoms with Gasteiger partial charge in [-0.1, -0.05) is 0 Å². The number of hydrogen-bond acceptors (Lipinski definition) is 7. The van der Waals surface area contributed by atoms with Gasteiger partial charge in [-0.25, -0.2) is 15.8 Å². The molecule has 7 nitrogen and oxygen atoms in total. The number of nitrogens with two attached hydrogens (primary N) is 1. The molecule has 14 heavy (non-hydrogen) atoms. The monoisotopic (exact) mass is 196 g/mol. The van der Waals surface area contributed by atoms with Gasteiger partial charge in [0.25, 0.3) is 0 Å². The molecule has 7 heteroatoms. The zero-order valence-corrected chi connectivity index (χ0v) is 7.68. The third kappa shape index (κ3) is 1.88. The number of hydrazine groups is 1. The Bertz CT molecular complexity index is 300. The molecule has 0 amide bonds. The van der Waals surface area contributed by atoms with Crippen molar-refractivity contribution in [3.8, 4) is 0 Å². The number of aromatic nitrogens is 3. The molecule has 0 radical (unpaired) electrons. The molecule has 1 saturated heterocycles. The summed E-state index contributed by atoms with van der Waals surface area (Å²) in [5, 5.41) is 0. The van der Waals surface area contributed by atoms with Crippen molar-refractivity contribution in [2.45, 2.75) is 0 Å². The zero-order valence-electron chi connectivity index (χ0n) is 7.68. The highest BCUT2D eigenvalue weighted by molar-refractivity contribution is 5.34. The Balaban J connectivity index is 2.13. The number of nitrogens with zero attached hydrogens (tertiary/aromatic N) is 4. The van der Waals surface area contributed by atoms with E-state index in [2.05, 4.69) is 20.4 Å². The third-order valence-corrected chi connectivity index (χ3v) is 1.98. The summed E-state index contributed by atoms with van der Waals surface area (Å²) in [6.07, 6.45) is 1.44. The number of ether oxygens (including phenoxy) is 1.